The summed E-state index contributed by atoms with van der Waals surface area (Å²) in [4.78, 5) is 31.3. The van der Waals surface area contributed by atoms with Crippen LogP contribution in [0.4, 0.5) is 0 Å². The molecule has 0 aliphatic carbocycles. The molecule has 0 atom stereocenters. The number of piperidine rings is 1. The minimum Gasteiger partial charge on any atom is -0.459 e. The Morgan fingerprint density at radius 2 is 1.87 bits per heavy atom. The molecule has 0 saturated carbocycles. The van der Waals surface area contributed by atoms with Crippen molar-refractivity contribution in [3.05, 3.63) is 64.0 Å². The maximum Gasteiger partial charge on any atom is 0.291 e. The Labute approximate surface area is 189 Å². The van der Waals surface area contributed by atoms with Gasteiger partial charge in [-0.2, -0.15) is 0 Å². The Hall–Kier alpha value is -2.84. The van der Waals surface area contributed by atoms with E-state index in [1.165, 1.54) is 10.9 Å². The number of likely N-dealkylation sites (tertiary alicyclic amines) is 1. The SMILES string of the molecule is CCc1nc(C(=O)NC2CCN(C(=O)c3ccco3)CC2)nn1-c1c(Cl)cccc1Cl. The summed E-state index contributed by atoms with van der Waals surface area (Å²) < 4.78 is 6.69. The number of rotatable bonds is 5. The monoisotopic (exact) mass is 461 g/mol. The maximum absolute atomic E-state index is 12.8. The summed E-state index contributed by atoms with van der Waals surface area (Å²) in [7, 11) is 0. The summed E-state index contributed by atoms with van der Waals surface area (Å²) in [5.74, 6) is 0.454. The number of benzene rings is 1. The lowest BCUT2D eigenvalue weighted by molar-refractivity contribution is 0.0666. The Balaban J connectivity index is 1.43. The van der Waals surface area contributed by atoms with Gasteiger partial charge in [0.1, 0.15) is 11.5 Å². The molecule has 1 N–H and O–H groups in total. The number of amides is 2. The molecule has 1 aromatic carbocycles. The summed E-state index contributed by atoms with van der Waals surface area (Å²) in [6, 6.07) is 8.42. The van der Waals surface area contributed by atoms with E-state index in [0.29, 0.717) is 59.7 Å². The maximum atomic E-state index is 12.8. The van der Waals surface area contributed by atoms with E-state index in [1.807, 2.05) is 6.92 Å². The number of aromatic nitrogens is 3. The van der Waals surface area contributed by atoms with E-state index in [1.54, 1.807) is 35.2 Å². The second-order valence-electron chi connectivity index (χ2n) is 7.20. The van der Waals surface area contributed by atoms with Gasteiger partial charge in [-0.1, -0.05) is 36.2 Å². The zero-order valence-corrected chi connectivity index (χ0v) is 18.4. The van der Waals surface area contributed by atoms with Crippen molar-refractivity contribution in [1.29, 1.82) is 0 Å². The largest absolute Gasteiger partial charge is 0.459 e. The van der Waals surface area contributed by atoms with E-state index in [9.17, 15) is 9.59 Å². The predicted octanol–water partition coefficient (Wildman–Crippen LogP) is 3.76. The summed E-state index contributed by atoms with van der Waals surface area (Å²) in [5.41, 5.74) is 0.499. The van der Waals surface area contributed by atoms with Crippen molar-refractivity contribution >= 4 is 35.0 Å². The lowest BCUT2D eigenvalue weighted by atomic mass is 10.0. The van der Waals surface area contributed by atoms with Crippen LogP contribution in [-0.2, 0) is 6.42 Å². The molecule has 2 aromatic heterocycles. The highest BCUT2D eigenvalue weighted by Crippen LogP contribution is 2.28. The van der Waals surface area contributed by atoms with Crippen LogP contribution in [0.15, 0.2) is 41.0 Å². The first-order valence-electron chi connectivity index (χ1n) is 10.0. The molecule has 1 aliphatic rings. The molecule has 1 aliphatic heterocycles. The van der Waals surface area contributed by atoms with E-state index < -0.39 is 0 Å². The average Bonchev–Trinajstić information content (AvgIpc) is 3.44. The number of carbonyl (C=O) groups excluding carboxylic acids is 2. The highest BCUT2D eigenvalue weighted by atomic mass is 35.5. The Morgan fingerprint density at radius 1 is 1.16 bits per heavy atom. The number of para-hydroxylation sites is 1. The number of furan rings is 1. The van der Waals surface area contributed by atoms with Crippen molar-refractivity contribution < 1.29 is 14.0 Å². The predicted molar refractivity (Wildman–Crippen MR) is 116 cm³/mol. The van der Waals surface area contributed by atoms with Crippen LogP contribution in [0, 0.1) is 0 Å². The fraction of sp³-hybridized carbons (Fsp3) is 0.333. The van der Waals surface area contributed by atoms with Crippen molar-refractivity contribution in [2.75, 3.05) is 13.1 Å². The molecule has 2 amide bonds. The van der Waals surface area contributed by atoms with Gasteiger partial charge in [0.15, 0.2) is 5.76 Å². The summed E-state index contributed by atoms with van der Waals surface area (Å²) in [5, 5.41) is 8.18. The van der Waals surface area contributed by atoms with Crippen molar-refractivity contribution in [3.63, 3.8) is 0 Å². The van der Waals surface area contributed by atoms with Crippen LogP contribution in [-0.4, -0.2) is 50.6 Å². The second kappa shape index (κ2) is 9.11. The first-order chi connectivity index (χ1) is 15.0. The van der Waals surface area contributed by atoms with E-state index in [2.05, 4.69) is 15.4 Å². The van der Waals surface area contributed by atoms with Crippen LogP contribution in [0.2, 0.25) is 10.0 Å². The van der Waals surface area contributed by atoms with E-state index in [4.69, 9.17) is 27.6 Å². The third kappa shape index (κ3) is 4.45. The van der Waals surface area contributed by atoms with E-state index in [-0.39, 0.29) is 23.7 Å². The van der Waals surface area contributed by atoms with Gasteiger partial charge in [0, 0.05) is 25.6 Å². The molecule has 0 radical (unpaired) electrons. The first-order valence-corrected chi connectivity index (χ1v) is 10.8. The normalized spacial score (nSPS) is 14.6. The van der Waals surface area contributed by atoms with Crippen LogP contribution in [0.5, 0.6) is 0 Å². The Morgan fingerprint density at radius 3 is 2.48 bits per heavy atom. The van der Waals surface area contributed by atoms with Gasteiger partial charge in [0.05, 0.1) is 16.3 Å². The van der Waals surface area contributed by atoms with E-state index in [0.717, 1.165) is 0 Å². The van der Waals surface area contributed by atoms with Gasteiger partial charge in [-0.15, -0.1) is 5.10 Å². The molecule has 31 heavy (non-hydrogen) atoms. The molecule has 0 unspecified atom stereocenters. The van der Waals surface area contributed by atoms with Crippen LogP contribution in [0.1, 0.15) is 46.8 Å². The number of nitrogens with zero attached hydrogens (tertiary/aromatic N) is 4. The van der Waals surface area contributed by atoms with Gasteiger partial charge in [0.25, 0.3) is 11.8 Å². The number of hydrogen-bond donors (Lipinski definition) is 1. The molecule has 0 spiro atoms. The zero-order chi connectivity index (χ0) is 22.0. The lowest BCUT2D eigenvalue weighted by Crippen LogP contribution is -2.46. The quantitative estimate of drug-likeness (QED) is 0.623. The van der Waals surface area contributed by atoms with Gasteiger partial charge in [-0.25, -0.2) is 9.67 Å². The van der Waals surface area contributed by atoms with Crippen molar-refractivity contribution in [2.24, 2.45) is 0 Å². The number of carbonyl (C=O) groups is 2. The van der Waals surface area contributed by atoms with Crippen LogP contribution in [0.25, 0.3) is 5.69 Å². The van der Waals surface area contributed by atoms with Gasteiger partial charge in [-0.05, 0) is 37.1 Å². The first kappa shape index (κ1) is 21.4. The molecule has 8 nitrogen and oxygen atoms in total. The molecular weight excluding hydrogens is 441 g/mol. The standard InChI is InChI=1S/C21H21Cl2N5O3/c1-2-17-25-19(26-28(17)18-14(22)5-3-6-15(18)23)20(29)24-13-8-10-27(11-9-13)21(30)16-7-4-12-31-16/h3-7,12-13H,2,8-11H2,1H3,(H,24,29). The molecule has 3 aromatic rings. The molecule has 3 heterocycles. The van der Waals surface area contributed by atoms with Crippen LogP contribution < -0.4 is 5.32 Å². The topological polar surface area (TPSA) is 93.3 Å². The fourth-order valence-corrected chi connectivity index (χ4v) is 4.13. The molecule has 1 saturated heterocycles. The summed E-state index contributed by atoms with van der Waals surface area (Å²) >= 11 is 12.6. The minimum absolute atomic E-state index is 0.0573. The van der Waals surface area contributed by atoms with Crippen molar-refractivity contribution in [3.8, 4) is 5.69 Å². The number of hydrogen-bond acceptors (Lipinski definition) is 5. The molecule has 10 heteroatoms. The molecule has 4 rings (SSSR count). The second-order valence-corrected chi connectivity index (χ2v) is 8.02. The molecular formula is C21H21Cl2N5O3. The Kier molecular flexibility index (Phi) is 6.29. The number of halogens is 2. The van der Waals surface area contributed by atoms with Gasteiger partial charge in [0.2, 0.25) is 5.82 Å². The number of aryl methyl sites for hydroxylation is 1. The van der Waals surface area contributed by atoms with Gasteiger partial charge in [-0.3, -0.25) is 9.59 Å². The zero-order valence-electron chi connectivity index (χ0n) is 16.8. The van der Waals surface area contributed by atoms with Crippen molar-refractivity contribution in [1.82, 2.24) is 25.0 Å². The van der Waals surface area contributed by atoms with Crippen LogP contribution >= 0.6 is 23.2 Å². The van der Waals surface area contributed by atoms with Crippen molar-refractivity contribution in [2.45, 2.75) is 32.2 Å². The van der Waals surface area contributed by atoms with Gasteiger partial charge >= 0.3 is 0 Å². The minimum atomic E-state index is -0.368. The third-order valence-electron chi connectivity index (χ3n) is 5.19. The smallest absolute Gasteiger partial charge is 0.291 e. The summed E-state index contributed by atoms with van der Waals surface area (Å²) in [6.07, 6.45) is 3.30. The summed E-state index contributed by atoms with van der Waals surface area (Å²) in [6.45, 7) is 2.97. The third-order valence-corrected chi connectivity index (χ3v) is 5.80. The van der Waals surface area contributed by atoms with Gasteiger partial charge < -0.3 is 14.6 Å². The van der Waals surface area contributed by atoms with E-state index >= 15 is 0 Å². The fourth-order valence-electron chi connectivity index (χ4n) is 3.57. The Bertz CT molecular complexity index is 1070. The molecule has 1 fully saturated rings. The highest BCUT2D eigenvalue weighted by molar-refractivity contribution is 6.37. The number of nitrogens with one attached hydrogen (secondary N) is 1. The molecule has 0 bridgehead atoms. The van der Waals surface area contributed by atoms with Crippen LogP contribution in [0.3, 0.4) is 0 Å². The average molecular weight is 462 g/mol. The lowest BCUT2D eigenvalue weighted by Gasteiger charge is -2.31. The molecule has 162 valence electrons. The highest BCUT2D eigenvalue weighted by Gasteiger charge is 2.27.